The molecule has 1 N–H and O–H groups in total. The first-order valence-electron chi connectivity index (χ1n) is 7.78. The highest BCUT2D eigenvalue weighted by atomic mass is 32.2. The highest BCUT2D eigenvalue weighted by Gasteiger charge is 2.35. The molecule has 2 nitrogen and oxygen atoms in total. The molecule has 1 aromatic heterocycles. The van der Waals surface area contributed by atoms with Crippen LogP contribution in [-0.2, 0) is 0 Å². The summed E-state index contributed by atoms with van der Waals surface area (Å²) in [5.74, 6) is 1.26. The predicted molar refractivity (Wildman–Crippen MR) is 90.8 cm³/mol. The Morgan fingerprint density at radius 1 is 1.35 bits per heavy atom. The van der Waals surface area contributed by atoms with Crippen LogP contribution in [0, 0.1) is 5.41 Å². The van der Waals surface area contributed by atoms with E-state index in [1.165, 1.54) is 47.9 Å². The first kappa shape index (κ1) is 14.5. The van der Waals surface area contributed by atoms with Gasteiger partial charge in [-0.25, -0.2) is 0 Å². The smallest absolute Gasteiger partial charge is 0.157 e. The molecular formula is C16H24N2S2. The molecule has 1 fully saturated rings. The lowest BCUT2D eigenvalue weighted by Gasteiger charge is -2.38. The Labute approximate surface area is 130 Å². The zero-order chi connectivity index (χ0) is 13.8. The fraction of sp³-hybridized carbons (Fsp3) is 0.688. The highest BCUT2D eigenvalue weighted by molar-refractivity contribution is 8.13. The van der Waals surface area contributed by atoms with Gasteiger partial charge in [0.15, 0.2) is 5.17 Å². The second kappa shape index (κ2) is 6.52. The number of nitrogens with zero attached hydrogens (tertiary/aromatic N) is 1. The van der Waals surface area contributed by atoms with Crippen molar-refractivity contribution < 1.29 is 0 Å². The third-order valence-corrected chi connectivity index (χ3v) is 6.84. The first-order valence-corrected chi connectivity index (χ1v) is 9.65. The summed E-state index contributed by atoms with van der Waals surface area (Å²) < 4.78 is 0. The van der Waals surface area contributed by atoms with Crippen molar-refractivity contribution in [2.24, 2.45) is 10.4 Å². The van der Waals surface area contributed by atoms with Gasteiger partial charge in [0, 0.05) is 17.2 Å². The SMILES string of the molecule is CCC(NC1=NCC2(CCCCC2)CS1)c1cccs1. The van der Waals surface area contributed by atoms with Crippen LogP contribution < -0.4 is 5.32 Å². The van der Waals surface area contributed by atoms with Gasteiger partial charge in [0.25, 0.3) is 0 Å². The minimum atomic E-state index is 0.432. The van der Waals surface area contributed by atoms with Gasteiger partial charge in [-0.05, 0) is 36.1 Å². The van der Waals surface area contributed by atoms with Crippen molar-refractivity contribution in [2.45, 2.75) is 51.5 Å². The van der Waals surface area contributed by atoms with Crippen LogP contribution in [0.4, 0.5) is 0 Å². The van der Waals surface area contributed by atoms with E-state index in [2.05, 4.69) is 29.8 Å². The molecule has 0 amide bonds. The van der Waals surface area contributed by atoms with Crippen molar-refractivity contribution >= 4 is 28.3 Å². The molecule has 1 unspecified atom stereocenters. The third kappa shape index (κ3) is 3.22. The molecule has 20 heavy (non-hydrogen) atoms. The van der Waals surface area contributed by atoms with Gasteiger partial charge in [-0.2, -0.15) is 0 Å². The molecule has 1 aromatic rings. The summed E-state index contributed by atoms with van der Waals surface area (Å²) >= 11 is 3.79. The van der Waals surface area contributed by atoms with E-state index in [4.69, 9.17) is 4.99 Å². The van der Waals surface area contributed by atoms with Gasteiger partial charge in [-0.1, -0.05) is 44.0 Å². The molecule has 0 saturated heterocycles. The zero-order valence-electron chi connectivity index (χ0n) is 12.2. The molecule has 2 aliphatic rings. The second-order valence-corrected chi connectivity index (χ2v) is 8.03. The Bertz CT molecular complexity index is 447. The van der Waals surface area contributed by atoms with E-state index >= 15 is 0 Å². The monoisotopic (exact) mass is 308 g/mol. The Morgan fingerprint density at radius 2 is 2.20 bits per heavy atom. The molecule has 110 valence electrons. The summed E-state index contributed by atoms with van der Waals surface area (Å²) in [6, 6.07) is 4.79. The van der Waals surface area contributed by atoms with Gasteiger partial charge in [0.05, 0.1) is 6.04 Å². The lowest BCUT2D eigenvalue weighted by molar-refractivity contribution is 0.232. The average molecular weight is 309 g/mol. The molecule has 0 aromatic carbocycles. The van der Waals surface area contributed by atoms with E-state index in [9.17, 15) is 0 Å². The molecule has 3 rings (SSSR count). The molecule has 4 heteroatoms. The number of thioether (sulfide) groups is 1. The Morgan fingerprint density at radius 3 is 2.80 bits per heavy atom. The van der Waals surface area contributed by atoms with E-state index in [1.807, 2.05) is 23.1 Å². The minimum Gasteiger partial charge on any atom is -0.357 e. The largest absolute Gasteiger partial charge is 0.357 e. The molecule has 1 saturated carbocycles. The van der Waals surface area contributed by atoms with Crippen molar-refractivity contribution in [3.63, 3.8) is 0 Å². The van der Waals surface area contributed by atoms with Crippen LogP contribution >= 0.6 is 23.1 Å². The van der Waals surface area contributed by atoms with Crippen LogP contribution in [0.5, 0.6) is 0 Å². The van der Waals surface area contributed by atoms with E-state index in [-0.39, 0.29) is 0 Å². The topological polar surface area (TPSA) is 24.4 Å². The Balaban J connectivity index is 1.61. The maximum Gasteiger partial charge on any atom is 0.157 e. The van der Waals surface area contributed by atoms with Crippen molar-refractivity contribution in [3.05, 3.63) is 22.4 Å². The molecule has 1 aliphatic heterocycles. The quantitative estimate of drug-likeness (QED) is 0.864. The van der Waals surface area contributed by atoms with Gasteiger partial charge in [0.2, 0.25) is 0 Å². The summed E-state index contributed by atoms with van der Waals surface area (Å²) in [5.41, 5.74) is 0.527. The molecule has 1 atom stereocenters. The number of thiophene rings is 1. The second-order valence-electron chi connectivity index (χ2n) is 6.09. The summed E-state index contributed by atoms with van der Waals surface area (Å²) in [7, 11) is 0. The summed E-state index contributed by atoms with van der Waals surface area (Å²) in [6.45, 7) is 3.29. The standard InChI is InChI=1S/C16H24N2S2/c1-2-13(14-7-6-10-19-14)18-15-17-11-16(12-20-15)8-4-3-5-9-16/h6-7,10,13H,2-5,8-9,11-12H2,1H3,(H,17,18). The van der Waals surface area contributed by atoms with Crippen molar-refractivity contribution in [1.82, 2.24) is 5.32 Å². The predicted octanol–water partition coefficient (Wildman–Crippen LogP) is 4.84. The Hall–Kier alpha value is -0.480. The van der Waals surface area contributed by atoms with Crippen LogP contribution in [0.2, 0.25) is 0 Å². The number of rotatable bonds is 3. The van der Waals surface area contributed by atoms with Crippen LogP contribution in [0.3, 0.4) is 0 Å². The van der Waals surface area contributed by atoms with Crippen LogP contribution in [0.25, 0.3) is 0 Å². The van der Waals surface area contributed by atoms with Crippen molar-refractivity contribution in [1.29, 1.82) is 0 Å². The molecule has 0 radical (unpaired) electrons. The number of nitrogens with one attached hydrogen (secondary N) is 1. The highest BCUT2D eigenvalue weighted by Crippen LogP contribution is 2.41. The van der Waals surface area contributed by atoms with Crippen molar-refractivity contribution in [3.8, 4) is 0 Å². The summed E-state index contributed by atoms with van der Waals surface area (Å²) in [5, 5.41) is 6.98. The zero-order valence-corrected chi connectivity index (χ0v) is 13.9. The van der Waals surface area contributed by atoms with Gasteiger partial charge in [-0.15, -0.1) is 11.3 Å². The van der Waals surface area contributed by atoms with E-state index in [1.54, 1.807) is 0 Å². The third-order valence-electron chi connectivity index (χ3n) is 4.58. The summed E-state index contributed by atoms with van der Waals surface area (Å²) in [6.07, 6.45) is 8.14. The minimum absolute atomic E-state index is 0.432. The van der Waals surface area contributed by atoms with Crippen molar-refractivity contribution in [2.75, 3.05) is 12.3 Å². The molecule has 2 heterocycles. The van der Waals surface area contributed by atoms with Gasteiger partial charge in [0.1, 0.15) is 0 Å². The van der Waals surface area contributed by atoms with Gasteiger partial charge >= 0.3 is 0 Å². The Kier molecular flexibility index (Phi) is 4.72. The van der Waals surface area contributed by atoms with E-state index < -0.39 is 0 Å². The number of hydrogen-bond donors (Lipinski definition) is 1. The maximum atomic E-state index is 4.88. The molecule has 1 aliphatic carbocycles. The van der Waals surface area contributed by atoms with E-state index in [0.29, 0.717) is 11.5 Å². The van der Waals surface area contributed by atoms with Crippen LogP contribution in [0.15, 0.2) is 22.5 Å². The number of aliphatic imine (C=N–C) groups is 1. The normalized spacial score (nSPS) is 23.4. The van der Waals surface area contributed by atoms with Crippen LogP contribution in [-0.4, -0.2) is 17.5 Å². The fourth-order valence-electron chi connectivity index (χ4n) is 3.26. The van der Waals surface area contributed by atoms with E-state index in [0.717, 1.165) is 13.0 Å². The number of hydrogen-bond acceptors (Lipinski definition) is 4. The number of amidine groups is 1. The fourth-order valence-corrected chi connectivity index (χ4v) is 5.32. The van der Waals surface area contributed by atoms with Crippen LogP contribution in [0.1, 0.15) is 56.4 Å². The molecule has 1 spiro atoms. The first-order chi connectivity index (χ1) is 9.81. The average Bonchev–Trinajstić information content (AvgIpc) is 3.02. The lowest BCUT2D eigenvalue weighted by Crippen LogP contribution is -2.37. The summed E-state index contributed by atoms with van der Waals surface area (Å²) in [4.78, 5) is 6.30. The lowest BCUT2D eigenvalue weighted by atomic mass is 9.75. The molecule has 0 bridgehead atoms. The van der Waals surface area contributed by atoms with Gasteiger partial charge in [-0.3, -0.25) is 4.99 Å². The van der Waals surface area contributed by atoms with Gasteiger partial charge < -0.3 is 5.32 Å². The molecular weight excluding hydrogens is 284 g/mol. The maximum absolute atomic E-state index is 4.88.